The summed E-state index contributed by atoms with van der Waals surface area (Å²) in [6.45, 7) is 4.75. The normalized spacial score (nSPS) is 12.2. The summed E-state index contributed by atoms with van der Waals surface area (Å²) in [7, 11) is 0. The molecule has 0 aromatic heterocycles. The number of Topliss-reactive ketones (excluding diaryl/α,β-unsaturated/α-hetero) is 2. The van der Waals surface area contributed by atoms with E-state index in [9.17, 15) is 14.4 Å². The molecule has 3 nitrogen and oxygen atoms in total. The van der Waals surface area contributed by atoms with E-state index >= 15 is 0 Å². The zero-order valence-electron chi connectivity index (χ0n) is 8.12. The van der Waals surface area contributed by atoms with E-state index < -0.39 is 5.92 Å². The third kappa shape index (κ3) is 3.72. The maximum atomic E-state index is 11.3. The van der Waals surface area contributed by atoms with Crippen molar-refractivity contribution in [2.24, 2.45) is 5.92 Å². The minimum absolute atomic E-state index is 0.236. The molecule has 4 heteroatoms. The topological polar surface area (TPSA) is 51.2 Å². The monoisotopic (exact) mass is 202 g/mol. The molecule has 74 valence electrons. The molecule has 1 atom stereocenters. The molecule has 0 fully saturated rings. The molecule has 0 aromatic rings. The minimum Gasteiger partial charge on any atom is -0.299 e. The maximum absolute atomic E-state index is 11.3. The van der Waals surface area contributed by atoms with Gasteiger partial charge in [-0.05, 0) is 12.7 Å². The third-order valence-electron chi connectivity index (χ3n) is 1.60. The molecule has 0 heterocycles. The smallest absolute Gasteiger partial charge is 0.206 e. The van der Waals surface area contributed by atoms with E-state index in [0.29, 0.717) is 5.75 Å². The quantitative estimate of drug-likeness (QED) is 0.633. The Kier molecular flexibility index (Phi) is 5.62. The molecule has 0 aromatic carbocycles. The molecule has 0 aliphatic heterocycles. The predicted octanol–water partition coefficient (Wildman–Crippen LogP) is 1.45. The highest BCUT2D eigenvalue weighted by molar-refractivity contribution is 8.13. The molecule has 0 saturated heterocycles. The van der Waals surface area contributed by atoms with Crippen LogP contribution in [0.4, 0.5) is 0 Å². The van der Waals surface area contributed by atoms with Crippen LogP contribution in [0.1, 0.15) is 27.2 Å². The van der Waals surface area contributed by atoms with Crippen LogP contribution >= 0.6 is 11.8 Å². The van der Waals surface area contributed by atoms with Crippen molar-refractivity contribution >= 4 is 28.4 Å². The fourth-order valence-corrected chi connectivity index (χ4v) is 1.70. The molecule has 13 heavy (non-hydrogen) atoms. The lowest BCUT2D eigenvalue weighted by Gasteiger charge is -2.08. The molecule has 1 unspecified atom stereocenters. The van der Waals surface area contributed by atoms with Crippen molar-refractivity contribution in [2.45, 2.75) is 27.2 Å². The SMILES string of the molecule is CCSC(=O)C(C(C)=O)C(=O)CC. The van der Waals surface area contributed by atoms with Crippen molar-refractivity contribution in [2.75, 3.05) is 5.75 Å². The van der Waals surface area contributed by atoms with Gasteiger partial charge in [-0.15, -0.1) is 0 Å². The van der Waals surface area contributed by atoms with Crippen LogP contribution in [0.3, 0.4) is 0 Å². The first-order chi connectivity index (χ1) is 6.04. The zero-order chi connectivity index (χ0) is 10.4. The summed E-state index contributed by atoms with van der Waals surface area (Å²) < 4.78 is 0. The van der Waals surface area contributed by atoms with Crippen molar-refractivity contribution in [3.05, 3.63) is 0 Å². The van der Waals surface area contributed by atoms with Gasteiger partial charge in [0.2, 0.25) is 5.12 Å². The second kappa shape index (κ2) is 5.91. The highest BCUT2D eigenvalue weighted by Gasteiger charge is 2.29. The van der Waals surface area contributed by atoms with E-state index in [1.165, 1.54) is 6.92 Å². The van der Waals surface area contributed by atoms with Crippen LogP contribution in [-0.4, -0.2) is 22.4 Å². The number of thioether (sulfide) groups is 1. The van der Waals surface area contributed by atoms with Crippen molar-refractivity contribution < 1.29 is 14.4 Å². The fraction of sp³-hybridized carbons (Fsp3) is 0.667. The van der Waals surface area contributed by atoms with Crippen LogP contribution in [0.15, 0.2) is 0 Å². The van der Waals surface area contributed by atoms with Gasteiger partial charge in [-0.3, -0.25) is 14.4 Å². The van der Waals surface area contributed by atoms with E-state index in [1.807, 2.05) is 6.92 Å². The summed E-state index contributed by atoms with van der Waals surface area (Å²) >= 11 is 1.03. The number of hydrogen-bond donors (Lipinski definition) is 0. The van der Waals surface area contributed by atoms with E-state index in [2.05, 4.69) is 0 Å². The second-order valence-electron chi connectivity index (χ2n) is 2.62. The Hall–Kier alpha value is -0.640. The van der Waals surface area contributed by atoms with Gasteiger partial charge in [0.05, 0.1) is 0 Å². The van der Waals surface area contributed by atoms with Crippen LogP contribution in [-0.2, 0) is 14.4 Å². The lowest BCUT2D eigenvalue weighted by molar-refractivity contribution is -0.135. The lowest BCUT2D eigenvalue weighted by atomic mass is 10.00. The average Bonchev–Trinajstić information content (AvgIpc) is 2.04. The summed E-state index contributed by atoms with van der Waals surface area (Å²) in [5, 5.41) is -0.318. The second-order valence-corrected chi connectivity index (χ2v) is 3.88. The molecule has 0 amide bonds. The van der Waals surface area contributed by atoms with Crippen molar-refractivity contribution in [1.29, 1.82) is 0 Å². The number of rotatable bonds is 5. The highest BCUT2D eigenvalue weighted by atomic mass is 32.2. The molecular weight excluding hydrogens is 188 g/mol. The first-order valence-corrected chi connectivity index (χ1v) is 5.22. The average molecular weight is 202 g/mol. The summed E-state index contributed by atoms with van der Waals surface area (Å²) in [6, 6.07) is 0. The Morgan fingerprint density at radius 3 is 2.08 bits per heavy atom. The third-order valence-corrected chi connectivity index (χ3v) is 2.41. The van der Waals surface area contributed by atoms with Gasteiger partial charge in [-0.1, -0.05) is 25.6 Å². The van der Waals surface area contributed by atoms with E-state index in [0.717, 1.165) is 11.8 Å². The van der Waals surface area contributed by atoms with Gasteiger partial charge < -0.3 is 0 Å². The van der Waals surface area contributed by atoms with Crippen LogP contribution in [0, 0.1) is 5.92 Å². The Labute approximate surface area is 82.3 Å². The summed E-state index contributed by atoms with van der Waals surface area (Å²) in [6.07, 6.45) is 0.236. The lowest BCUT2D eigenvalue weighted by Crippen LogP contribution is -2.28. The van der Waals surface area contributed by atoms with Crippen LogP contribution < -0.4 is 0 Å². The van der Waals surface area contributed by atoms with Gasteiger partial charge in [-0.25, -0.2) is 0 Å². The van der Waals surface area contributed by atoms with Crippen LogP contribution in [0.5, 0.6) is 0 Å². The van der Waals surface area contributed by atoms with Crippen molar-refractivity contribution in [3.8, 4) is 0 Å². The van der Waals surface area contributed by atoms with Crippen molar-refractivity contribution in [1.82, 2.24) is 0 Å². The van der Waals surface area contributed by atoms with Gasteiger partial charge in [0.1, 0.15) is 11.7 Å². The predicted molar refractivity (Wildman–Crippen MR) is 52.6 cm³/mol. The molecule has 0 rings (SSSR count). The molecule has 0 aliphatic carbocycles. The summed E-state index contributed by atoms with van der Waals surface area (Å²) in [4.78, 5) is 33.5. The first-order valence-electron chi connectivity index (χ1n) is 4.24. The van der Waals surface area contributed by atoms with Gasteiger partial charge >= 0.3 is 0 Å². The Morgan fingerprint density at radius 1 is 1.23 bits per heavy atom. The van der Waals surface area contributed by atoms with Crippen LogP contribution in [0.2, 0.25) is 0 Å². The van der Waals surface area contributed by atoms with E-state index in [-0.39, 0.29) is 23.1 Å². The zero-order valence-corrected chi connectivity index (χ0v) is 8.94. The molecule has 0 saturated carbocycles. The molecule has 0 aliphatic rings. The van der Waals surface area contributed by atoms with Crippen LogP contribution in [0.25, 0.3) is 0 Å². The minimum atomic E-state index is -1.03. The standard InChI is InChI=1S/C9H14O3S/c1-4-7(11)8(6(3)10)9(12)13-5-2/h8H,4-5H2,1-3H3. The summed E-state index contributed by atoms with van der Waals surface area (Å²) in [5.74, 6) is -1.06. The first kappa shape index (κ1) is 12.4. The Balaban J connectivity index is 4.51. The van der Waals surface area contributed by atoms with Gasteiger partial charge in [0, 0.05) is 6.42 Å². The Bertz CT molecular complexity index is 223. The highest BCUT2D eigenvalue weighted by Crippen LogP contribution is 2.14. The number of carbonyl (C=O) groups excluding carboxylic acids is 3. The molecule has 0 spiro atoms. The number of carbonyl (C=O) groups is 3. The molecule has 0 radical (unpaired) electrons. The van der Waals surface area contributed by atoms with Gasteiger partial charge in [0.25, 0.3) is 0 Å². The number of hydrogen-bond acceptors (Lipinski definition) is 4. The van der Waals surface area contributed by atoms with E-state index in [1.54, 1.807) is 6.92 Å². The molecule has 0 N–H and O–H groups in total. The number of ketones is 2. The maximum Gasteiger partial charge on any atom is 0.206 e. The largest absolute Gasteiger partial charge is 0.299 e. The summed E-state index contributed by atoms with van der Waals surface area (Å²) in [5.41, 5.74) is 0. The fourth-order valence-electron chi connectivity index (χ4n) is 0.954. The van der Waals surface area contributed by atoms with E-state index in [4.69, 9.17) is 0 Å². The molecular formula is C9H14O3S. The van der Waals surface area contributed by atoms with Gasteiger partial charge in [0.15, 0.2) is 5.78 Å². The molecule has 0 bridgehead atoms. The van der Waals surface area contributed by atoms with Crippen molar-refractivity contribution in [3.63, 3.8) is 0 Å². The van der Waals surface area contributed by atoms with Gasteiger partial charge in [-0.2, -0.15) is 0 Å². The Morgan fingerprint density at radius 2 is 1.77 bits per heavy atom.